The maximum atomic E-state index is 9.01. The largest absolute Gasteiger partial charge is 0.268 e. The third-order valence-electron chi connectivity index (χ3n) is 2.79. The number of rotatable bonds is 3. The van der Waals surface area contributed by atoms with E-state index in [4.69, 9.17) is 5.26 Å². The van der Waals surface area contributed by atoms with Gasteiger partial charge in [-0.05, 0) is 23.1 Å². The van der Waals surface area contributed by atoms with Crippen molar-refractivity contribution >= 4 is 0 Å². The van der Waals surface area contributed by atoms with E-state index in [0.717, 1.165) is 5.56 Å². The Hall–Kier alpha value is -2.08. The van der Waals surface area contributed by atoms with Crippen molar-refractivity contribution in [1.29, 1.82) is 5.26 Å². The van der Waals surface area contributed by atoms with Crippen molar-refractivity contribution in [3.8, 4) is 6.07 Å². The number of hydrogen-bond donors (Lipinski definition) is 0. The molecule has 1 heterocycles. The predicted molar refractivity (Wildman–Crippen MR) is 66.6 cm³/mol. The molecular weight excluding hydrogens is 210 g/mol. The molecule has 0 radical (unpaired) electrons. The molecule has 1 aromatic carbocycles. The van der Waals surface area contributed by atoms with Crippen LogP contribution in [0.25, 0.3) is 0 Å². The van der Waals surface area contributed by atoms with E-state index in [1.54, 1.807) is 0 Å². The van der Waals surface area contributed by atoms with Gasteiger partial charge in [0.15, 0.2) is 0 Å². The van der Waals surface area contributed by atoms with Gasteiger partial charge in [-0.2, -0.15) is 10.4 Å². The molecule has 3 heteroatoms. The van der Waals surface area contributed by atoms with Crippen molar-refractivity contribution in [2.24, 2.45) is 0 Å². The molecule has 2 rings (SSSR count). The molecule has 17 heavy (non-hydrogen) atoms. The number of nitrogens with zero attached hydrogens (tertiary/aromatic N) is 3. The average Bonchev–Trinajstić information content (AvgIpc) is 2.78. The molecule has 0 N–H and O–H groups in total. The Morgan fingerprint density at radius 1 is 1.35 bits per heavy atom. The summed E-state index contributed by atoms with van der Waals surface area (Å²) in [7, 11) is 0. The molecule has 0 amide bonds. The van der Waals surface area contributed by atoms with Crippen LogP contribution in [0.4, 0.5) is 0 Å². The smallest absolute Gasteiger partial charge is 0.0995 e. The Balaban J connectivity index is 2.23. The van der Waals surface area contributed by atoms with Gasteiger partial charge in [0, 0.05) is 6.20 Å². The lowest BCUT2D eigenvalue weighted by Gasteiger charge is -2.04. The van der Waals surface area contributed by atoms with Crippen molar-refractivity contribution in [2.75, 3.05) is 0 Å². The lowest BCUT2D eigenvalue weighted by atomic mass is 10.1. The molecule has 2 aromatic rings. The average molecular weight is 225 g/mol. The Bertz CT molecular complexity index is 547. The molecule has 3 nitrogen and oxygen atoms in total. The van der Waals surface area contributed by atoms with Crippen LogP contribution < -0.4 is 0 Å². The third kappa shape index (κ3) is 2.54. The van der Waals surface area contributed by atoms with Crippen LogP contribution in [0.3, 0.4) is 0 Å². The third-order valence-corrected chi connectivity index (χ3v) is 2.79. The second kappa shape index (κ2) is 4.84. The molecule has 1 aromatic heterocycles. The molecule has 0 saturated carbocycles. The van der Waals surface area contributed by atoms with Crippen LogP contribution in [-0.2, 0) is 6.54 Å². The molecule has 0 aliphatic carbocycles. The van der Waals surface area contributed by atoms with E-state index in [-0.39, 0.29) is 0 Å². The van der Waals surface area contributed by atoms with E-state index in [2.05, 4.69) is 25.0 Å². The van der Waals surface area contributed by atoms with Gasteiger partial charge in [0.25, 0.3) is 0 Å². The lowest BCUT2D eigenvalue weighted by molar-refractivity contribution is 0.684. The Labute approximate surface area is 101 Å². The molecule has 0 bridgehead atoms. The molecule has 0 unspecified atom stereocenters. The summed E-state index contributed by atoms with van der Waals surface area (Å²) in [5, 5.41) is 13.3. The molecule has 0 atom stereocenters. The summed E-state index contributed by atoms with van der Waals surface area (Å²) in [6.45, 7) is 4.94. The van der Waals surface area contributed by atoms with Crippen molar-refractivity contribution in [1.82, 2.24) is 9.78 Å². The van der Waals surface area contributed by atoms with E-state index in [0.29, 0.717) is 18.0 Å². The van der Waals surface area contributed by atoms with E-state index < -0.39 is 0 Å². The Kier molecular flexibility index (Phi) is 3.24. The van der Waals surface area contributed by atoms with Crippen LogP contribution in [0.5, 0.6) is 0 Å². The van der Waals surface area contributed by atoms with Gasteiger partial charge in [-0.1, -0.05) is 32.0 Å². The van der Waals surface area contributed by atoms with Crippen LogP contribution in [0.2, 0.25) is 0 Å². The highest BCUT2D eigenvalue weighted by Crippen LogP contribution is 2.14. The maximum Gasteiger partial charge on any atom is 0.0995 e. The van der Waals surface area contributed by atoms with Crippen LogP contribution in [0.15, 0.2) is 36.7 Å². The molecular formula is C14H15N3. The summed E-state index contributed by atoms with van der Waals surface area (Å²) in [5.41, 5.74) is 2.95. The first kappa shape index (κ1) is 11.4. The van der Waals surface area contributed by atoms with E-state index >= 15 is 0 Å². The zero-order chi connectivity index (χ0) is 12.3. The van der Waals surface area contributed by atoms with Crippen molar-refractivity contribution in [3.63, 3.8) is 0 Å². The van der Waals surface area contributed by atoms with Gasteiger partial charge in [-0.3, -0.25) is 4.68 Å². The number of nitriles is 1. The zero-order valence-electron chi connectivity index (χ0n) is 10.1. The summed E-state index contributed by atoms with van der Waals surface area (Å²) in [5.74, 6) is 0.481. The fraction of sp³-hybridized carbons (Fsp3) is 0.286. The zero-order valence-corrected chi connectivity index (χ0v) is 10.1. The number of aromatic nitrogens is 2. The highest BCUT2D eigenvalue weighted by atomic mass is 15.3. The minimum absolute atomic E-state index is 0.481. The predicted octanol–water partition coefficient (Wildman–Crippen LogP) is 2.93. The first-order chi connectivity index (χ1) is 8.20. The van der Waals surface area contributed by atoms with E-state index in [1.807, 2.05) is 41.3 Å². The second-order valence-electron chi connectivity index (χ2n) is 4.39. The molecule has 86 valence electrons. The van der Waals surface area contributed by atoms with Crippen molar-refractivity contribution < 1.29 is 0 Å². The van der Waals surface area contributed by atoms with Gasteiger partial charge >= 0.3 is 0 Å². The topological polar surface area (TPSA) is 41.6 Å². The highest BCUT2D eigenvalue weighted by Gasteiger charge is 2.05. The second-order valence-corrected chi connectivity index (χ2v) is 4.39. The first-order valence-electron chi connectivity index (χ1n) is 5.71. The maximum absolute atomic E-state index is 9.01. The standard InChI is InChI=1S/C14H15N3/c1-11(2)14-8-16-17(10-14)9-13-6-4-3-5-12(13)7-15/h3-6,8,10-11H,9H2,1-2H3. The van der Waals surface area contributed by atoms with Crippen molar-refractivity contribution in [3.05, 3.63) is 53.3 Å². The monoisotopic (exact) mass is 225 g/mol. The lowest BCUT2D eigenvalue weighted by Crippen LogP contribution is -2.01. The van der Waals surface area contributed by atoms with Gasteiger partial charge in [0.1, 0.15) is 0 Å². The van der Waals surface area contributed by atoms with E-state index in [1.165, 1.54) is 5.56 Å². The fourth-order valence-electron chi connectivity index (χ4n) is 1.71. The Morgan fingerprint density at radius 2 is 2.12 bits per heavy atom. The molecule has 0 saturated heterocycles. The number of benzene rings is 1. The summed E-state index contributed by atoms with van der Waals surface area (Å²) in [4.78, 5) is 0. The minimum Gasteiger partial charge on any atom is -0.268 e. The van der Waals surface area contributed by atoms with Gasteiger partial charge in [0.05, 0.1) is 24.4 Å². The summed E-state index contributed by atoms with van der Waals surface area (Å²) >= 11 is 0. The van der Waals surface area contributed by atoms with Gasteiger partial charge in [-0.15, -0.1) is 0 Å². The first-order valence-corrected chi connectivity index (χ1v) is 5.71. The summed E-state index contributed by atoms with van der Waals surface area (Å²) in [6.07, 6.45) is 3.93. The van der Waals surface area contributed by atoms with Crippen LogP contribution in [-0.4, -0.2) is 9.78 Å². The summed E-state index contributed by atoms with van der Waals surface area (Å²) in [6, 6.07) is 9.83. The normalized spacial score (nSPS) is 10.5. The molecule has 0 aliphatic heterocycles. The van der Waals surface area contributed by atoms with E-state index in [9.17, 15) is 0 Å². The van der Waals surface area contributed by atoms with Crippen LogP contribution in [0, 0.1) is 11.3 Å². The molecule has 0 spiro atoms. The molecule has 0 aliphatic rings. The van der Waals surface area contributed by atoms with Crippen molar-refractivity contribution in [2.45, 2.75) is 26.3 Å². The van der Waals surface area contributed by atoms with Gasteiger partial charge in [0.2, 0.25) is 0 Å². The minimum atomic E-state index is 0.481. The Morgan fingerprint density at radius 3 is 2.76 bits per heavy atom. The van der Waals surface area contributed by atoms with Crippen LogP contribution >= 0.6 is 0 Å². The quantitative estimate of drug-likeness (QED) is 0.806. The highest BCUT2D eigenvalue weighted by molar-refractivity contribution is 5.37. The van der Waals surface area contributed by atoms with Crippen LogP contribution in [0.1, 0.15) is 36.5 Å². The number of hydrogen-bond acceptors (Lipinski definition) is 2. The van der Waals surface area contributed by atoms with Gasteiger partial charge in [-0.25, -0.2) is 0 Å². The van der Waals surface area contributed by atoms with Gasteiger partial charge < -0.3 is 0 Å². The SMILES string of the molecule is CC(C)c1cnn(Cc2ccccc2C#N)c1. The summed E-state index contributed by atoms with van der Waals surface area (Å²) < 4.78 is 1.88. The fourth-order valence-corrected chi connectivity index (χ4v) is 1.71. The molecule has 0 fully saturated rings.